The summed E-state index contributed by atoms with van der Waals surface area (Å²) in [4.78, 5) is 10.8. The molecule has 1 nitrogen and oxygen atoms in total. The molecule has 0 aromatic carbocycles. The summed E-state index contributed by atoms with van der Waals surface area (Å²) in [6.07, 6.45) is 23.8. The molecule has 0 saturated heterocycles. The van der Waals surface area contributed by atoms with Crippen LogP contribution in [0.5, 0.6) is 0 Å². The van der Waals surface area contributed by atoms with E-state index in [9.17, 15) is 4.79 Å². The Labute approximate surface area is 140 Å². The molecule has 0 aliphatic carbocycles. The topological polar surface area (TPSA) is 17.1 Å². The summed E-state index contributed by atoms with van der Waals surface area (Å²) in [6, 6.07) is 0. The number of rotatable bonds is 18. The maximum absolute atomic E-state index is 10.8. The van der Waals surface area contributed by atoms with Crippen molar-refractivity contribution in [3.05, 3.63) is 12.7 Å². The van der Waals surface area contributed by atoms with Crippen LogP contribution in [0.2, 0.25) is 0 Å². The Morgan fingerprint density at radius 3 is 1.77 bits per heavy atom. The highest BCUT2D eigenvalue weighted by Crippen LogP contribution is 2.21. The molecule has 0 radical (unpaired) electrons. The second kappa shape index (κ2) is 18.5. The summed E-state index contributed by atoms with van der Waals surface area (Å²) in [7, 11) is 0. The summed E-state index contributed by atoms with van der Waals surface area (Å²) in [6.45, 7) is 6.02. The fourth-order valence-electron chi connectivity index (χ4n) is 3.16. The lowest BCUT2D eigenvalue weighted by molar-refractivity contribution is -0.108. The van der Waals surface area contributed by atoms with E-state index in [0.29, 0.717) is 5.92 Å². The minimum Gasteiger partial charge on any atom is -0.303 e. The molecular formula is C21H40O. The van der Waals surface area contributed by atoms with Crippen LogP contribution < -0.4 is 0 Å². The molecule has 1 heteroatoms. The lowest BCUT2D eigenvalue weighted by atomic mass is 9.92. The molecule has 0 amide bonds. The molecule has 1 unspecified atom stereocenters. The van der Waals surface area contributed by atoms with E-state index >= 15 is 0 Å². The third kappa shape index (κ3) is 15.8. The number of carbonyl (C=O) groups excluding carboxylic acids is 1. The molecule has 0 heterocycles. The molecule has 22 heavy (non-hydrogen) atoms. The molecule has 0 aliphatic rings. The average molecular weight is 309 g/mol. The summed E-state index contributed by atoms with van der Waals surface area (Å²) in [5, 5.41) is 0. The molecule has 0 bridgehead atoms. The second-order valence-corrected chi connectivity index (χ2v) is 6.81. The fourth-order valence-corrected chi connectivity index (χ4v) is 3.16. The molecule has 0 aromatic rings. The van der Waals surface area contributed by atoms with E-state index in [1.165, 1.54) is 96.3 Å². The van der Waals surface area contributed by atoms with Crippen molar-refractivity contribution >= 4 is 6.29 Å². The molecule has 130 valence electrons. The average Bonchev–Trinajstić information content (AvgIpc) is 2.53. The Hall–Kier alpha value is -0.590. The first-order valence-electron chi connectivity index (χ1n) is 9.89. The third-order valence-corrected chi connectivity index (χ3v) is 4.67. The fraction of sp³-hybridized carbons (Fsp3) is 0.857. The zero-order valence-electron chi connectivity index (χ0n) is 15.2. The standard InChI is InChI=1S/C21H40O/c1-3-5-7-9-11-12-14-16-18-21(19-20-22)17-15-13-10-8-6-4-2/h3,20-21H,1,4-19H2,2H3. The van der Waals surface area contributed by atoms with Crippen LogP contribution in [0.3, 0.4) is 0 Å². The first-order valence-corrected chi connectivity index (χ1v) is 9.89. The highest BCUT2D eigenvalue weighted by atomic mass is 16.1. The molecule has 0 aromatic heterocycles. The Bertz CT molecular complexity index is 234. The zero-order valence-corrected chi connectivity index (χ0v) is 15.2. The molecule has 1 atom stereocenters. The molecular weight excluding hydrogens is 268 g/mol. The van der Waals surface area contributed by atoms with E-state index < -0.39 is 0 Å². The molecule has 0 fully saturated rings. The van der Waals surface area contributed by atoms with Crippen LogP contribution in [0.25, 0.3) is 0 Å². The lowest BCUT2D eigenvalue weighted by Gasteiger charge is -2.14. The van der Waals surface area contributed by atoms with Gasteiger partial charge < -0.3 is 4.79 Å². The van der Waals surface area contributed by atoms with Crippen molar-refractivity contribution in [1.29, 1.82) is 0 Å². The van der Waals surface area contributed by atoms with Crippen molar-refractivity contribution in [2.24, 2.45) is 5.92 Å². The zero-order chi connectivity index (χ0) is 16.3. The van der Waals surface area contributed by atoms with Gasteiger partial charge in [0.25, 0.3) is 0 Å². The minimum atomic E-state index is 0.657. The van der Waals surface area contributed by atoms with Gasteiger partial charge in [0.05, 0.1) is 0 Å². The summed E-state index contributed by atoms with van der Waals surface area (Å²) < 4.78 is 0. The van der Waals surface area contributed by atoms with E-state index in [0.717, 1.165) is 12.7 Å². The Morgan fingerprint density at radius 2 is 1.27 bits per heavy atom. The van der Waals surface area contributed by atoms with Gasteiger partial charge in [0.1, 0.15) is 6.29 Å². The Kier molecular flexibility index (Phi) is 18.0. The van der Waals surface area contributed by atoms with Crippen LogP contribution in [0.1, 0.15) is 110 Å². The SMILES string of the molecule is C=CCCCCCCCCC(CC=O)CCCCCCCC. The van der Waals surface area contributed by atoms with Gasteiger partial charge in [0.15, 0.2) is 0 Å². The highest BCUT2D eigenvalue weighted by molar-refractivity contribution is 5.49. The predicted molar refractivity (Wildman–Crippen MR) is 99.3 cm³/mol. The van der Waals surface area contributed by atoms with Gasteiger partial charge in [-0.3, -0.25) is 0 Å². The van der Waals surface area contributed by atoms with Crippen LogP contribution in [0.15, 0.2) is 12.7 Å². The van der Waals surface area contributed by atoms with Crippen LogP contribution >= 0.6 is 0 Å². The number of hydrogen-bond donors (Lipinski definition) is 0. The molecule has 0 spiro atoms. The van der Waals surface area contributed by atoms with Gasteiger partial charge in [-0.05, 0) is 18.8 Å². The number of allylic oxidation sites excluding steroid dienone is 1. The maximum atomic E-state index is 10.8. The smallest absolute Gasteiger partial charge is 0.120 e. The van der Waals surface area contributed by atoms with Gasteiger partial charge in [-0.25, -0.2) is 0 Å². The Morgan fingerprint density at radius 1 is 0.773 bits per heavy atom. The van der Waals surface area contributed by atoms with E-state index in [1.54, 1.807) is 0 Å². The second-order valence-electron chi connectivity index (χ2n) is 6.81. The molecule has 0 saturated carbocycles. The largest absolute Gasteiger partial charge is 0.303 e. The van der Waals surface area contributed by atoms with Crippen molar-refractivity contribution in [1.82, 2.24) is 0 Å². The van der Waals surface area contributed by atoms with Crippen LogP contribution in [-0.4, -0.2) is 6.29 Å². The summed E-state index contributed by atoms with van der Waals surface area (Å²) in [5.74, 6) is 0.657. The highest BCUT2D eigenvalue weighted by Gasteiger charge is 2.07. The Balaban J connectivity index is 3.47. The lowest BCUT2D eigenvalue weighted by Crippen LogP contribution is -2.02. The minimum absolute atomic E-state index is 0.657. The monoisotopic (exact) mass is 308 g/mol. The van der Waals surface area contributed by atoms with Crippen molar-refractivity contribution in [3.8, 4) is 0 Å². The summed E-state index contributed by atoms with van der Waals surface area (Å²) >= 11 is 0. The van der Waals surface area contributed by atoms with Crippen molar-refractivity contribution < 1.29 is 4.79 Å². The maximum Gasteiger partial charge on any atom is 0.120 e. The van der Waals surface area contributed by atoms with E-state index in [4.69, 9.17) is 0 Å². The van der Waals surface area contributed by atoms with E-state index in [1.807, 2.05) is 6.08 Å². The number of carbonyl (C=O) groups is 1. The predicted octanol–water partition coefficient (Wildman–Crippen LogP) is 7.25. The quantitative estimate of drug-likeness (QED) is 0.148. The van der Waals surface area contributed by atoms with Crippen LogP contribution in [0.4, 0.5) is 0 Å². The van der Waals surface area contributed by atoms with Crippen LogP contribution in [0, 0.1) is 5.92 Å². The van der Waals surface area contributed by atoms with E-state index in [-0.39, 0.29) is 0 Å². The van der Waals surface area contributed by atoms with Gasteiger partial charge in [0, 0.05) is 6.42 Å². The van der Waals surface area contributed by atoms with E-state index in [2.05, 4.69) is 13.5 Å². The van der Waals surface area contributed by atoms with Crippen molar-refractivity contribution in [2.75, 3.05) is 0 Å². The van der Waals surface area contributed by atoms with Crippen molar-refractivity contribution in [2.45, 2.75) is 110 Å². The molecule has 0 aliphatic heterocycles. The molecule has 0 rings (SSSR count). The number of aldehydes is 1. The first kappa shape index (κ1) is 21.4. The van der Waals surface area contributed by atoms with Gasteiger partial charge in [-0.15, -0.1) is 6.58 Å². The van der Waals surface area contributed by atoms with Gasteiger partial charge in [-0.2, -0.15) is 0 Å². The first-order chi connectivity index (χ1) is 10.8. The van der Waals surface area contributed by atoms with Gasteiger partial charge in [-0.1, -0.05) is 96.5 Å². The number of unbranched alkanes of at least 4 members (excludes halogenated alkanes) is 11. The normalized spacial score (nSPS) is 12.2. The number of hydrogen-bond acceptors (Lipinski definition) is 1. The summed E-state index contributed by atoms with van der Waals surface area (Å²) in [5.41, 5.74) is 0. The van der Waals surface area contributed by atoms with Crippen molar-refractivity contribution in [3.63, 3.8) is 0 Å². The van der Waals surface area contributed by atoms with Gasteiger partial charge >= 0.3 is 0 Å². The molecule has 0 N–H and O–H groups in total. The third-order valence-electron chi connectivity index (χ3n) is 4.67. The van der Waals surface area contributed by atoms with Crippen LogP contribution in [-0.2, 0) is 4.79 Å². The van der Waals surface area contributed by atoms with Gasteiger partial charge in [0.2, 0.25) is 0 Å².